The summed E-state index contributed by atoms with van der Waals surface area (Å²) in [5.74, 6) is 0.970. The van der Waals surface area contributed by atoms with Crippen LogP contribution in [0.2, 0.25) is 0 Å². The van der Waals surface area contributed by atoms with Crippen molar-refractivity contribution in [3.05, 3.63) is 89.8 Å². The number of piperazine rings is 1. The molecule has 1 aliphatic rings. The zero-order chi connectivity index (χ0) is 26.0. The predicted molar refractivity (Wildman–Crippen MR) is 151 cm³/mol. The molecule has 0 spiro atoms. The van der Waals surface area contributed by atoms with Gasteiger partial charge in [-0.15, -0.1) is 0 Å². The first kappa shape index (κ1) is 25.6. The Morgan fingerprint density at radius 2 is 1.67 bits per heavy atom. The van der Waals surface area contributed by atoms with Crippen LogP contribution in [0.5, 0.6) is 0 Å². The molecule has 188 valence electrons. The van der Waals surface area contributed by atoms with E-state index in [1.54, 1.807) is 0 Å². The molecule has 0 N–H and O–H groups in total. The van der Waals surface area contributed by atoms with Crippen molar-refractivity contribution >= 4 is 22.3 Å². The van der Waals surface area contributed by atoms with Gasteiger partial charge in [-0.3, -0.25) is 4.98 Å². The van der Waals surface area contributed by atoms with E-state index in [9.17, 15) is 0 Å². The lowest BCUT2D eigenvalue weighted by Gasteiger charge is -2.34. The van der Waals surface area contributed by atoms with Crippen LogP contribution in [-0.2, 0) is 0 Å². The Bertz CT molecular complexity index is 1350. The van der Waals surface area contributed by atoms with Crippen LogP contribution in [0.4, 0.5) is 0 Å². The average Bonchev–Trinajstić information content (AvgIpc) is 3.20. The number of imidazole rings is 1. The number of fused-ring (bicyclic) bond motifs is 1. The number of aryl methyl sites for hydroxylation is 2. The molecule has 6 nitrogen and oxygen atoms in total. The van der Waals surface area contributed by atoms with E-state index in [1.165, 1.54) is 0 Å². The smallest absolute Gasteiger partial charge is 0.177 e. The first-order chi connectivity index (χ1) is 17.2. The highest BCUT2D eigenvalue weighted by Crippen LogP contribution is 2.29. The second-order valence-corrected chi connectivity index (χ2v) is 9.88. The van der Waals surface area contributed by atoms with E-state index in [1.807, 2.05) is 26.2 Å². The van der Waals surface area contributed by atoms with Crippen LogP contribution in [0.3, 0.4) is 0 Å². The van der Waals surface area contributed by atoms with E-state index in [4.69, 9.17) is 4.98 Å². The molecule has 0 aliphatic carbocycles. The van der Waals surface area contributed by atoms with Gasteiger partial charge >= 0.3 is 0 Å². The maximum Gasteiger partial charge on any atom is 0.177 e. The van der Waals surface area contributed by atoms with E-state index in [0.29, 0.717) is 6.04 Å². The van der Waals surface area contributed by atoms with E-state index < -0.39 is 0 Å². The van der Waals surface area contributed by atoms with Gasteiger partial charge in [-0.05, 0) is 71.0 Å². The number of allylic oxidation sites excluding steroid dienone is 4. The number of hydrogen-bond donors (Lipinski definition) is 0. The molecule has 3 aromatic rings. The highest BCUT2D eigenvalue weighted by molar-refractivity contribution is 5.86. The summed E-state index contributed by atoms with van der Waals surface area (Å²) in [6.45, 7) is 23.3. The molecule has 0 amide bonds. The van der Waals surface area contributed by atoms with Crippen molar-refractivity contribution in [2.45, 2.75) is 40.7 Å². The zero-order valence-electron chi connectivity index (χ0n) is 22.5. The van der Waals surface area contributed by atoms with Crippen LogP contribution in [-0.4, -0.2) is 62.5 Å². The van der Waals surface area contributed by atoms with Crippen molar-refractivity contribution in [1.82, 2.24) is 29.3 Å². The lowest BCUT2D eigenvalue weighted by Crippen LogP contribution is -2.43. The molecular weight excluding hydrogens is 444 g/mol. The van der Waals surface area contributed by atoms with Crippen LogP contribution in [0.15, 0.2) is 61.6 Å². The van der Waals surface area contributed by atoms with Crippen LogP contribution < -0.4 is 0 Å². The summed E-state index contributed by atoms with van der Waals surface area (Å²) in [4.78, 5) is 18.7. The lowest BCUT2D eigenvalue weighted by molar-refractivity contribution is 0.190. The zero-order valence-corrected chi connectivity index (χ0v) is 22.5. The quantitative estimate of drug-likeness (QED) is 0.398. The SMILES string of the molecule is C=C(c1cnc2nc(C)n(C(C)C)c2c1)c1cc(C(/C=C\C(=C)N2CCN(C)CC2)=C/C)cnc1C. The van der Waals surface area contributed by atoms with Crippen LogP contribution in [0.25, 0.3) is 22.3 Å². The van der Waals surface area contributed by atoms with Gasteiger partial charge in [-0.25, -0.2) is 9.97 Å². The fourth-order valence-electron chi connectivity index (χ4n) is 4.80. The Morgan fingerprint density at radius 3 is 2.33 bits per heavy atom. The van der Waals surface area contributed by atoms with Crippen LogP contribution >= 0.6 is 0 Å². The minimum atomic E-state index is 0.302. The van der Waals surface area contributed by atoms with Gasteiger partial charge in [0.25, 0.3) is 0 Å². The second kappa shape index (κ2) is 10.6. The monoisotopic (exact) mass is 482 g/mol. The largest absolute Gasteiger partial charge is 0.369 e. The molecule has 0 bridgehead atoms. The van der Waals surface area contributed by atoms with Gasteiger partial charge in [-0.1, -0.05) is 25.3 Å². The minimum absolute atomic E-state index is 0.302. The maximum atomic E-state index is 4.72. The van der Waals surface area contributed by atoms with Crippen molar-refractivity contribution in [3.8, 4) is 0 Å². The molecule has 36 heavy (non-hydrogen) atoms. The van der Waals surface area contributed by atoms with Gasteiger partial charge in [-0.2, -0.15) is 0 Å². The minimum Gasteiger partial charge on any atom is -0.369 e. The van der Waals surface area contributed by atoms with Crippen molar-refractivity contribution in [2.75, 3.05) is 33.2 Å². The molecule has 0 aromatic carbocycles. The molecule has 0 radical (unpaired) electrons. The Labute approximate surface area is 215 Å². The standard InChI is InChI=1S/C30H38N6/c1-9-25(11-10-21(4)35-14-12-34(8)13-15-35)27-16-28(23(6)31-19-27)22(5)26-17-29-30(32-18-26)33-24(7)36(29)20(2)3/h9-11,16-20H,4-5,12-15H2,1-3,6-8H3/b11-10-,25-9+. The summed E-state index contributed by atoms with van der Waals surface area (Å²) < 4.78 is 2.22. The molecular formula is C30H38N6. The molecule has 1 saturated heterocycles. The summed E-state index contributed by atoms with van der Waals surface area (Å²) in [5, 5.41) is 0. The van der Waals surface area contributed by atoms with E-state index in [2.05, 4.69) is 95.7 Å². The van der Waals surface area contributed by atoms with Crippen molar-refractivity contribution in [2.24, 2.45) is 0 Å². The summed E-state index contributed by atoms with van der Waals surface area (Å²) >= 11 is 0. The molecule has 4 rings (SSSR count). The van der Waals surface area contributed by atoms with E-state index in [-0.39, 0.29) is 0 Å². The predicted octanol–water partition coefficient (Wildman–Crippen LogP) is 5.81. The molecule has 1 aliphatic heterocycles. The van der Waals surface area contributed by atoms with Crippen LogP contribution in [0.1, 0.15) is 55.0 Å². The van der Waals surface area contributed by atoms with Crippen molar-refractivity contribution in [1.29, 1.82) is 0 Å². The third-order valence-corrected chi connectivity index (χ3v) is 7.01. The summed E-state index contributed by atoms with van der Waals surface area (Å²) in [6.07, 6.45) is 10.2. The van der Waals surface area contributed by atoms with Gasteiger partial charge in [0.2, 0.25) is 0 Å². The highest BCUT2D eigenvalue weighted by atomic mass is 15.2. The van der Waals surface area contributed by atoms with Gasteiger partial charge in [0.15, 0.2) is 5.65 Å². The molecule has 0 atom stereocenters. The summed E-state index contributed by atoms with van der Waals surface area (Å²) in [7, 11) is 2.16. The fraction of sp³-hybridized carbons (Fsp3) is 0.367. The fourth-order valence-corrected chi connectivity index (χ4v) is 4.80. The molecule has 1 fully saturated rings. The lowest BCUT2D eigenvalue weighted by atomic mass is 9.96. The molecule has 6 heteroatoms. The number of nitrogens with zero attached hydrogens (tertiary/aromatic N) is 6. The third kappa shape index (κ3) is 5.19. The molecule has 3 aromatic heterocycles. The van der Waals surface area contributed by atoms with Gasteiger partial charge in [0.05, 0.1) is 5.52 Å². The number of pyridine rings is 2. The first-order valence-electron chi connectivity index (χ1n) is 12.7. The van der Waals surface area contributed by atoms with Gasteiger partial charge < -0.3 is 14.4 Å². The number of likely N-dealkylation sites (N-methyl/N-ethyl adjacent to an activating group) is 1. The maximum absolute atomic E-state index is 4.72. The third-order valence-electron chi connectivity index (χ3n) is 7.01. The van der Waals surface area contributed by atoms with E-state index in [0.717, 1.165) is 82.4 Å². The van der Waals surface area contributed by atoms with Crippen LogP contribution in [0, 0.1) is 13.8 Å². The Balaban J connectivity index is 1.61. The molecule has 4 heterocycles. The van der Waals surface area contributed by atoms with Crippen molar-refractivity contribution in [3.63, 3.8) is 0 Å². The van der Waals surface area contributed by atoms with Gasteiger partial charge in [0.1, 0.15) is 5.82 Å². The topological polar surface area (TPSA) is 50.1 Å². The summed E-state index contributed by atoms with van der Waals surface area (Å²) in [6, 6.07) is 4.63. The number of aromatic nitrogens is 4. The number of hydrogen-bond acceptors (Lipinski definition) is 5. The Hall–Kier alpha value is -3.51. The first-order valence-corrected chi connectivity index (χ1v) is 12.7. The van der Waals surface area contributed by atoms with Gasteiger partial charge in [0, 0.05) is 72.7 Å². The highest BCUT2D eigenvalue weighted by Gasteiger charge is 2.16. The second-order valence-electron chi connectivity index (χ2n) is 9.88. The van der Waals surface area contributed by atoms with E-state index >= 15 is 0 Å². The van der Waals surface area contributed by atoms with Crippen molar-refractivity contribution < 1.29 is 0 Å². The molecule has 0 unspecified atom stereocenters. The average molecular weight is 483 g/mol. The Morgan fingerprint density at radius 1 is 0.972 bits per heavy atom. The molecule has 0 saturated carbocycles. The number of rotatable bonds is 7. The normalized spacial score (nSPS) is 15.4. The Kier molecular flexibility index (Phi) is 7.55. The summed E-state index contributed by atoms with van der Waals surface area (Å²) in [5.41, 5.74) is 8.85.